The molecule has 0 saturated heterocycles. The zero-order valence-corrected chi connectivity index (χ0v) is 11.7. The summed E-state index contributed by atoms with van der Waals surface area (Å²) >= 11 is 0. The van der Waals surface area contributed by atoms with Gasteiger partial charge in [-0.1, -0.05) is 6.07 Å². The topological polar surface area (TPSA) is 32.5 Å². The van der Waals surface area contributed by atoms with Crippen LogP contribution in [0.5, 0.6) is 0 Å². The Labute approximate surface area is 117 Å². The molecule has 112 valence electrons. The Bertz CT molecular complexity index is 471. The van der Waals surface area contributed by atoms with E-state index in [1.54, 1.807) is 6.07 Å². The maximum Gasteiger partial charge on any atom is 0.416 e. The lowest BCUT2D eigenvalue weighted by molar-refractivity contribution is -0.137. The Morgan fingerprint density at radius 2 is 2.05 bits per heavy atom. The monoisotopic (exact) mass is 287 g/mol. The van der Waals surface area contributed by atoms with Crippen LogP contribution in [0.3, 0.4) is 0 Å². The third kappa shape index (κ3) is 3.13. The molecule has 20 heavy (non-hydrogen) atoms. The van der Waals surface area contributed by atoms with Gasteiger partial charge in [-0.3, -0.25) is 4.90 Å². The van der Waals surface area contributed by atoms with Crippen LogP contribution in [0.25, 0.3) is 0 Å². The average molecular weight is 287 g/mol. The van der Waals surface area contributed by atoms with Gasteiger partial charge in [-0.15, -0.1) is 0 Å². The Hall–Kier alpha value is -1.11. The van der Waals surface area contributed by atoms with Crippen molar-refractivity contribution in [1.29, 1.82) is 0 Å². The maximum absolute atomic E-state index is 12.8. The quantitative estimate of drug-likeness (QED) is 0.920. The van der Waals surface area contributed by atoms with E-state index in [1.807, 2.05) is 14.1 Å². The van der Waals surface area contributed by atoms with Gasteiger partial charge >= 0.3 is 6.18 Å². The number of benzene rings is 1. The van der Waals surface area contributed by atoms with E-state index >= 15 is 0 Å². The van der Waals surface area contributed by atoms with E-state index in [4.69, 9.17) is 5.73 Å². The van der Waals surface area contributed by atoms with Crippen LogP contribution >= 0.6 is 0 Å². The molecule has 1 aliphatic heterocycles. The fraction of sp³-hybridized carbons (Fsp3) is 0.571. The number of likely N-dealkylation sites (N-methyl/N-ethyl adjacent to an activating group) is 1. The van der Waals surface area contributed by atoms with Gasteiger partial charge in [-0.2, -0.15) is 13.2 Å². The smallest absolute Gasteiger partial charge is 0.329 e. The van der Waals surface area contributed by atoms with Crippen LogP contribution in [0.15, 0.2) is 18.2 Å². The zero-order chi connectivity index (χ0) is 14.9. The zero-order valence-electron chi connectivity index (χ0n) is 11.7. The molecule has 6 heteroatoms. The van der Waals surface area contributed by atoms with Gasteiger partial charge in [0.15, 0.2) is 0 Å². The molecule has 0 aromatic heterocycles. The first-order valence-corrected chi connectivity index (χ1v) is 6.62. The number of nitrogens with zero attached hydrogens (tertiary/aromatic N) is 2. The molecule has 1 aliphatic rings. The number of halogens is 3. The number of fused-ring (bicyclic) bond motifs is 1. The van der Waals surface area contributed by atoms with E-state index in [2.05, 4.69) is 9.80 Å². The molecule has 0 aliphatic carbocycles. The Morgan fingerprint density at radius 3 is 2.60 bits per heavy atom. The molecule has 0 bridgehead atoms. The van der Waals surface area contributed by atoms with Crippen LogP contribution in [0.2, 0.25) is 0 Å². The van der Waals surface area contributed by atoms with E-state index < -0.39 is 11.7 Å². The molecule has 1 atom stereocenters. The average Bonchev–Trinajstić information content (AvgIpc) is 2.71. The van der Waals surface area contributed by atoms with Crippen LogP contribution in [-0.2, 0) is 12.7 Å². The second-order valence-electron chi connectivity index (χ2n) is 5.44. The fourth-order valence-corrected chi connectivity index (χ4v) is 2.59. The van der Waals surface area contributed by atoms with Gasteiger partial charge in [0.05, 0.1) is 5.56 Å². The summed E-state index contributed by atoms with van der Waals surface area (Å²) in [7, 11) is 3.95. The minimum absolute atomic E-state index is 0.118. The van der Waals surface area contributed by atoms with Crippen LogP contribution in [0, 0.1) is 0 Å². The lowest BCUT2D eigenvalue weighted by Gasteiger charge is -2.25. The Kier molecular flexibility index (Phi) is 4.36. The van der Waals surface area contributed by atoms with Crippen molar-refractivity contribution in [3.63, 3.8) is 0 Å². The molecule has 2 rings (SSSR count). The van der Waals surface area contributed by atoms with E-state index in [0.29, 0.717) is 13.1 Å². The minimum atomic E-state index is -4.30. The largest absolute Gasteiger partial charge is 0.416 e. The van der Waals surface area contributed by atoms with Crippen molar-refractivity contribution < 1.29 is 13.2 Å². The van der Waals surface area contributed by atoms with Crippen molar-refractivity contribution in [1.82, 2.24) is 9.80 Å². The third-order valence-corrected chi connectivity index (χ3v) is 3.70. The molecule has 1 aromatic rings. The Morgan fingerprint density at radius 1 is 1.35 bits per heavy atom. The molecule has 3 nitrogen and oxygen atoms in total. The second kappa shape index (κ2) is 5.71. The molecule has 0 radical (unpaired) electrons. The van der Waals surface area contributed by atoms with Crippen molar-refractivity contribution in [3.8, 4) is 0 Å². The van der Waals surface area contributed by atoms with Crippen LogP contribution in [0.4, 0.5) is 13.2 Å². The summed E-state index contributed by atoms with van der Waals surface area (Å²) in [6, 6.07) is 3.87. The predicted molar refractivity (Wildman–Crippen MR) is 72.2 cm³/mol. The van der Waals surface area contributed by atoms with Gasteiger partial charge in [-0.25, -0.2) is 0 Å². The van der Waals surface area contributed by atoms with Crippen molar-refractivity contribution >= 4 is 0 Å². The molecule has 0 spiro atoms. The summed E-state index contributed by atoms with van der Waals surface area (Å²) in [6.45, 7) is 2.66. The highest BCUT2D eigenvalue weighted by atomic mass is 19.4. The van der Waals surface area contributed by atoms with E-state index in [9.17, 15) is 13.2 Å². The van der Waals surface area contributed by atoms with Crippen LogP contribution in [-0.4, -0.2) is 43.5 Å². The molecular formula is C14H20F3N3. The summed E-state index contributed by atoms with van der Waals surface area (Å²) in [6.07, 6.45) is -4.30. The van der Waals surface area contributed by atoms with Crippen LogP contribution in [0.1, 0.15) is 22.7 Å². The van der Waals surface area contributed by atoms with Gasteiger partial charge in [0.2, 0.25) is 0 Å². The Balaban J connectivity index is 2.23. The van der Waals surface area contributed by atoms with Crippen molar-refractivity contribution in [2.24, 2.45) is 5.73 Å². The van der Waals surface area contributed by atoms with E-state index in [-0.39, 0.29) is 6.04 Å². The highest BCUT2D eigenvalue weighted by Crippen LogP contribution is 2.37. The minimum Gasteiger partial charge on any atom is -0.329 e. The molecule has 1 unspecified atom stereocenters. The summed E-state index contributed by atoms with van der Waals surface area (Å²) in [5, 5.41) is 0. The number of hydrogen-bond acceptors (Lipinski definition) is 3. The molecule has 0 amide bonds. The lowest BCUT2D eigenvalue weighted by Crippen LogP contribution is -2.33. The highest BCUT2D eigenvalue weighted by Gasteiger charge is 2.35. The number of nitrogens with two attached hydrogens (primary N) is 1. The fourth-order valence-electron chi connectivity index (χ4n) is 2.59. The number of alkyl halides is 3. The summed E-state index contributed by atoms with van der Waals surface area (Å²) in [5.74, 6) is 0. The molecule has 0 saturated carbocycles. The standard InChI is InChI=1S/C14H20F3N3/c1-19(2)5-6-20-9-10-3-4-11(14(15,16)17)7-12(10)13(20)8-18/h3-4,7,13H,5-6,8-9,18H2,1-2H3. The molecular weight excluding hydrogens is 267 g/mol. The maximum atomic E-state index is 12.8. The van der Waals surface area contributed by atoms with E-state index in [0.717, 1.165) is 30.3 Å². The summed E-state index contributed by atoms with van der Waals surface area (Å²) in [5.41, 5.74) is 6.85. The van der Waals surface area contributed by atoms with Gasteiger partial charge in [0.1, 0.15) is 0 Å². The molecule has 0 fully saturated rings. The summed E-state index contributed by atoms with van der Waals surface area (Å²) < 4.78 is 38.4. The normalized spacial score (nSPS) is 19.6. The highest BCUT2D eigenvalue weighted by molar-refractivity contribution is 5.39. The molecule has 1 heterocycles. The predicted octanol–water partition coefficient (Wildman–Crippen LogP) is 2.08. The molecule has 2 N–H and O–H groups in total. The van der Waals surface area contributed by atoms with Gasteiger partial charge in [0, 0.05) is 32.2 Å². The third-order valence-electron chi connectivity index (χ3n) is 3.70. The van der Waals surface area contributed by atoms with Crippen LogP contribution < -0.4 is 5.73 Å². The van der Waals surface area contributed by atoms with Crippen molar-refractivity contribution in [3.05, 3.63) is 34.9 Å². The van der Waals surface area contributed by atoms with Gasteiger partial charge in [-0.05, 0) is 37.4 Å². The number of rotatable bonds is 4. The van der Waals surface area contributed by atoms with E-state index in [1.165, 1.54) is 6.07 Å². The molecule has 1 aromatic carbocycles. The lowest BCUT2D eigenvalue weighted by atomic mass is 10.0. The first-order valence-electron chi connectivity index (χ1n) is 6.62. The van der Waals surface area contributed by atoms with Crippen molar-refractivity contribution in [2.45, 2.75) is 18.8 Å². The number of hydrogen-bond donors (Lipinski definition) is 1. The second-order valence-corrected chi connectivity index (χ2v) is 5.44. The van der Waals surface area contributed by atoms with Gasteiger partial charge < -0.3 is 10.6 Å². The van der Waals surface area contributed by atoms with Gasteiger partial charge in [0.25, 0.3) is 0 Å². The first kappa shape index (κ1) is 15.3. The SMILES string of the molecule is CN(C)CCN1Cc2ccc(C(F)(F)F)cc2C1CN. The first-order chi connectivity index (χ1) is 9.32. The van der Waals surface area contributed by atoms with Crippen molar-refractivity contribution in [2.75, 3.05) is 33.7 Å². The summed E-state index contributed by atoms with van der Waals surface area (Å²) in [4.78, 5) is 4.20.